The van der Waals surface area contributed by atoms with E-state index in [4.69, 9.17) is 19.3 Å². The summed E-state index contributed by atoms with van der Waals surface area (Å²) < 4.78 is 16.7. The molecule has 0 amide bonds. The molecule has 6 heteroatoms. The van der Waals surface area contributed by atoms with Gasteiger partial charge in [-0.3, -0.25) is 0 Å². The van der Waals surface area contributed by atoms with Crippen molar-refractivity contribution in [2.75, 3.05) is 25.6 Å². The highest BCUT2D eigenvalue weighted by Crippen LogP contribution is 2.30. The summed E-state index contributed by atoms with van der Waals surface area (Å²) in [4.78, 5) is 11.2. The summed E-state index contributed by atoms with van der Waals surface area (Å²) >= 11 is 0. The molecule has 2 aromatic carbocycles. The van der Waals surface area contributed by atoms with Crippen LogP contribution in [0, 0.1) is 0 Å². The molecular formula is C20H25NO5. The Morgan fingerprint density at radius 1 is 1.04 bits per heavy atom. The minimum atomic E-state index is -0.980. The molecule has 2 aromatic rings. The summed E-state index contributed by atoms with van der Waals surface area (Å²) in [5.74, 6) is 1.03. The van der Waals surface area contributed by atoms with E-state index in [-0.39, 0.29) is 5.56 Å². The monoisotopic (exact) mass is 359 g/mol. The maximum atomic E-state index is 11.2. The van der Waals surface area contributed by atoms with Crippen LogP contribution in [0.5, 0.6) is 17.2 Å². The van der Waals surface area contributed by atoms with Gasteiger partial charge < -0.3 is 24.6 Å². The van der Waals surface area contributed by atoms with E-state index < -0.39 is 5.97 Å². The van der Waals surface area contributed by atoms with E-state index >= 15 is 0 Å². The lowest BCUT2D eigenvalue weighted by Gasteiger charge is -2.15. The van der Waals surface area contributed by atoms with Crippen molar-refractivity contribution in [1.82, 2.24) is 0 Å². The molecule has 0 bridgehead atoms. The third-order valence-electron chi connectivity index (χ3n) is 3.70. The Hall–Kier alpha value is -2.89. The second kappa shape index (κ2) is 9.56. The van der Waals surface area contributed by atoms with Crippen molar-refractivity contribution in [1.29, 1.82) is 0 Å². The van der Waals surface area contributed by atoms with Crippen LogP contribution < -0.4 is 19.5 Å². The molecule has 0 aliphatic heterocycles. The second-order valence-corrected chi connectivity index (χ2v) is 5.64. The van der Waals surface area contributed by atoms with E-state index in [1.807, 2.05) is 25.1 Å². The molecule has 0 spiro atoms. The van der Waals surface area contributed by atoms with Crippen LogP contribution in [0.15, 0.2) is 36.4 Å². The fraction of sp³-hybridized carbons (Fsp3) is 0.350. The molecular weight excluding hydrogens is 334 g/mol. The van der Waals surface area contributed by atoms with Gasteiger partial charge in [0.25, 0.3) is 0 Å². The van der Waals surface area contributed by atoms with Crippen LogP contribution in [0.4, 0.5) is 5.69 Å². The number of carboxylic acids is 1. The summed E-state index contributed by atoms with van der Waals surface area (Å²) in [5, 5.41) is 12.4. The standard InChI is InChI=1S/C20H25NO5/c1-4-10-26-18-8-6-14(11-19(18)25-5-2)13-21-16-12-15(20(22)23)7-9-17(16)24-3/h6-9,11-12,21H,4-5,10,13H2,1-3H3,(H,22,23). The topological polar surface area (TPSA) is 77.0 Å². The Balaban J connectivity index is 2.17. The molecule has 6 nitrogen and oxygen atoms in total. The third-order valence-corrected chi connectivity index (χ3v) is 3.70. The van der Waals surface area contributed by atoms with Gasteiger partial charge in [0.1, 0.15) is 5.75 Å². The maximum Gasteiger partial charge on any atom is 0.335 e. The third kappa shape index (κ3) is 5.05. The summed E-state index contributed by atoms with van der Waals surface area (Å²) in [5.41, 5.74) is 1.81. The summed E-state index contributed by atoms with van der Waals surface area (Å²) in [6, 6.07) is 10.5. The smallest absolute Gasteiger partial charge is 0.335 e. The zero-order valence-electron chi connectivity index (χ0n) is 15.4. The lowest BCUT2D eigenvalue weighted by Crippen LogP contribution is -2.05. The second-order valence-electron chi connectivity index (χ2n) is 5.64. The van der Waals surface area contributed by atoms with E-state index in [2.05, 4.69) is 12.2 Å². The SMILES string of the molecule is CCCOc1ccc(CNc2cc(C(=O)O)ccc2OC)cc1OCC. The summed E-state index contributed by atoms with van der Waals surface area (Å²) in [6.07, 6.45) is 0.925. The van der Waals surface area contributed by atoms with Crippen LogP contribution >= 0.6 is 0 Å². The van der Waals surface area contributed by atoms with Crippen LogP contribution in [-0.2, 0) is 6.54 Å². The minimum absolute atomic E-state index is 0.201. The Morgan fingerprint density at radius 2 is 1.81 bits per heavy atom. The number of rotatable bonds is 10. The van der Waals surface area contributed by atoms with Crippen molar-refractivity contribution < 1.29 is 24.1 Å². The molecule has 0 heterocycles. The highest BCUT2D eigenvalue weighted by Gasteiger charge is 2.10. The molecule has 0 aliphatic carbocycles. The van der Waals surface area contributed by atoms with E-state index in [0.717, 1.165) is 17.7 Å². The van der Waals surface area contributed by atoms with Gasteiger partial charge >= 0.3 is 5.97 Å². The first-order valence-electron chi connectivity index (χ1n) is 8.62. The molecule has 2 N–H and O–H groups in total. The van der Waals surface area contributed by atoms with E-state index in [9.17, 15) is 4.79 Å². The normalized spacial score (nSPS) is 10.3. The van der Waals surface area contributed by atoms with Crippen molar-refractivity contribution in [2.24, 2.45) is 0 Å². The predicted octanol–water partition coefficient (Wildman–Crippen LogP) is 4.19. The van der Waals surface area contributed by atoms with Crippen molar-refractivity contribution in [2.45, 2.75) is 26.8 Å². The molecule has 0 saturated heterocycles. The number of aromatic carboxylic acids is 1. The van der Waals surface area contributed by atoms with Crippen LogP contribution in [0.2, 0.25) is 0 Å². The Morgan fingerprint density at radius 3 is 2.46 bits per heavy atom. The Bertz CT molecular complexity index is 745. The summed E-state index contributed by atoms with van der Waals surface area (Å²) in [7, 11) is 1.55. The maximum absolute atomic E-state index is 11.2. The zero-order chi connectivity index (χ0) is 18.9. The molecule has 0 radical (unpaired) electrons. The fourth-order valence-electron chi connectivity index (χ4n) is 2.44. The first-order chi connectivity index (χ1) is 12.6. The number of hydrogen-bond acceptors (Lipinski definition) is 5. The van der Waals surface area contributed by atoms with Gasteiger partial charge in [-0.15, -0.1) is 0 Å². The number of methoxy groups -OCH3 is 1. The minimum Gasteiger partial charge on any atom is -0.495 e. The molecule has 0 saturated carbocycles. The molecule has 0 aliphatic rings. The molecule has 2 rings (SSSR count). The van der Waals surface area contributed by atoms with Gasteiger partial charge in [-0.05, 0) is 49.2 Å². The van der Waals surface area contributed by atoms with Crippen molar-refractivity contribution in [3.63, 3.8) is 0 Å². The Kier molecular flexibility index (Phi) is 7.14. The van der Waals surface area contributed by atoms with Gasteiger partial charge in [-0.1, -0.05) is 13.0 Å². The van der Waals surface area contributed by atoms with E-state index in [0.29, 0.717) is 36.9 Å². The number of nitrogens with one attached hydrogen (secondary N) is 1. The van der Waals surface area contributed by atoms with Crippen LogP contribution in [-0.4, -0.2) is 31.4 Å². The number of anilines is 1. The van der Waals surface area contributed by atoms with Crippen LogP contribution in [0.1, 0.15) is 36.2 Å². The number of benzene rings is 2. The average Bonchev–Trinajstić information content (AvgIpc) is 2.65. The van der Waals surface area contributed by atoms with Gasteiger partial charge in [0.2, 0.25) is 0 Å². The first kappa shape index (κ1) is 19.4. The van der Waals surface area contributed by atoms with Crippen molar-refractivity contribution in [3.8, 4) is 17.2 Å². The molecule has 0 aromatic heterocycles. The molecule has 0 atom stereocenters. The Labute approximate surface area is 153 Å². The quantitative estimate of drug-likeness (QED) is 0.662. The highest BCUT2D eigenvalue weighted by atomic mass is 16.5. The zero-order valence-corrected chi connectivity index (χ0v) is 15.4. The molecule has 26 heavy (non-hydrogen) atoms. The van der Waals surface area contributed by atoms with Crippen molar-refractivity contribution in [3.05, 3.63) is 47.5 Å². The average molecular weight is 359 g/mol. The largest absolute Gasteiger partial charge is 0.495 e. The van der Waals surface area contributed by atoms with Gasteiger partial charge in [0.15, 0.2) is 11.5 Å². The van der Waals surface area contributed by atoms with Gasteiger partial charge in [0.05, 0.1) is 31.6 Å². The number of carboxylic acid groups (broad SMARTS) is 1. The number of hydrogen-bond donors (Lipinski definition) is 2. The van der Waals surface area contributed by atoms with Gasteiger partial charge in [0, 0.05) is 6.54 Å². The van der Waals surface area contributed by atoms with E-state index in [1.54, 1.807) is 19.2 Å². The predicted molar refractivity (Wildman–Crippen MR) is 101 cm³/mol. The summed E-state index contributed by atoms with van der Waals surface area (Å²) in [6.45, 7) is 5.66. The van der Waals surface area contributed by atoms with Gasteiger partial charge in [-0.2, -0.15) is 0 Å². The lowest BCUT2D eigenvalue weighted by molar-refractivity contribution is 0.0697. The highest BCUT2D eigenvalue weighted by molar-refractivity contribution is 5.89. The van der Waals surface area contributed by atoms with Crippen LogP contribution in [0.25, 0.3) is 0 Å². The molecule has 140 valence electrons. The van der Waals surface area contributed by atoms with E-state index in [1.165, 1.54) is 6.07 Å². The molecule has 0 fully saturated rings. The number of carbonyl (C=O) groups is 1. The molecule has 0 unspecified atom stereocenters. The van der Waals surface area contributed by atoms with Gasteiger partial charge in [-0.25, -0.2) is 4.79 Å². The fourth-order valence-corrected chi connectivity index (χ4v) is 2.44. The van der Waals surface area contributed by atoms with Crippen molar-refractivity contribution >= 4 is 11.7 Å². The lowest BCUT2D eigenvalue weighted by atomic mass is 10.1. The number of ether oxygens (including phenoxy) is 3. The van der Waals surface area contributed by atoms with Crippen LogP contribution in [0.3, 0.4) is 0 Å². The first-order valence-corrected chi connectivity index (χ1v) is 8.62.